The van der Waals surface area contributed by atoms with Gasteiger partial charge in [0.15, 0.2) is 5.16 Å². The standard InChI is InChI=1S/C17H17N5O5S4/c1-21-17(18-8-19-21)30-6-9-5-29-15-12(14(24)22(15)13(9)16(25)26)20-10(23)7-31(27)11-3-2-4-28-11/h2-4,8,12,15H,5-7H2,1H3,(H,20,23)(H,25,26). The molecule has 2 aromatic heterocycles. The van der Waals surface area contributed by atoms with Crippen LogP contribution in [-0.2, 0) is 32.2 Å². The number of nitrogens with zero attached hydrogens (tertiary/aromatic N) is 4. The maximum Gasteiger partial charge on any atom is 0.352 e. The van der Waals surface area contributed by atoms with Gasteiger partial charge >= 0.3 is 5.97 Å². The molecule has 2 aromatic rings. The van der Waals surface area contributed by atoms with E-state index in [0.29, 0.717) is 26.4 Å². The van der Waals surface area contributed by atoms with Gasteiger partial charge in [-0.25, -0.2) is 14.5 Å². The van der Waals surface area contributed by atoms with E-state index in [4.69, 9.17) is 0 Å². The molecule has 0 spiro atoms. The fourth-order valence-corrected chi connectivity index (χ4v) is 7.45. The van der Waals surface area contributed by atoms with Gasteiger partial charge < -0.3 is 10.4 Å². The molecule has 0 radical (unpaired) electrons. The summed E-state index contributed by atoms with van der Waals surface area (Å²) in [5.74, 6) is -1.65. The molecular formula is C17H17N5O5S4. The second-order valence-electron chi connectivity index (χ2n) is 6.59. The highest BCUT2D eigenvalue weighted by atomic mass is 32.2. The Kier molecular flexibility index (Phi) is 6.50. The average molecular weight is 500 g/mol. The number of hydrogen-bond donors (Lipinski definition) is 2. The van der Waals surface area contributed by atoms with Crippen LogP contribution in [0.15, 0.2) is 44.5 Å². The van der Waals surface area contributed by atoms with Crippen LogP contribution in [0.3, 0.4) is 0 Å². The second kappa shape index (κ2) is 9.14. The molecule has 10 nitrogen and oxygen atoms in total. The molecule has 3 unspecified atom stereocenters. The highest BCUT2D eigenvalue weighted by Crippen LogP contribution is 2.41. The Balaban J connectivity index is 1.42. The number of thioether (sulfide) groups is 2. The Bertz CT molecular complexity index is 1080. The summed E-state index contributed by atoms with van der Waals surface area (Å²) >= 11 is 4.03. The van der Waals surface area contributed by atoms with Crippen molar-refractivity contribution in [1.29, 1.82) is 0 Å². The number of carboxylic acids is 1. The minimum atomic E-state index is -1.48. The minimum Gasteiger partial charge on any atom is -0.477 e. The number of hydrogen-bond acceptors (Lipinski definition) is 9. The number of β-lactam (4-membered cyclic amide) rings is 1. The molecule has 31 heavy (non-hydrogen) atoms. The summed E-state index contributed by atoms with van der Waals surface area (Å²) < 4.78 is 14.4. The first-order valence-corrected chi connectivity index (χ1v) is 13.2. The summed E-state index contributed by atoms with van der Waals surface area (Å²) in [4.78, 5) is 42.2. The summed E-state index contributed by atoms with van der Waals surface area (Å²) in [6.07, 6.45) is 1.41. The van der Waals surface area contributed by atoms with E-state index in [2.05, 4.69) is 15.4 Å². The van der Waals surface area contributed by atoms with Crippen LogP contribution in [0.4, 0.5) is 0 Å². The van der Waals surface area contributed by atoms with Crippen molar-refractivity contribution in [3.05, 3.63) is 35.1 Å². The van der Waals surface area contributed by atoms with Gasteiger partial charge in [-0.15, -0.1) is 23.1 Å². The number of carboxylic acid groups (broad SMARTS) is 1. The van der Waals surface area contributed by atoms with Crippen molar-refractivity contribution in [2.24, 2.45) is 7.05 Å². The lowest BCUT2D eigenvalue weighted by Gasteiger charge is -2.49. The Morgan fingerprint density at radius 2 is 2.26 bits per heavy atom. The number of carbonyl (C=O) groups excluding carboxylic acids is 2. The van der Waals surface area contributed by atoms with Crippen molar-refractivity contribution in [3.8, 4) is 0 Å². The number of thiophene rings is 1. The van der Waals surface area contributed by atoms with Crippen LogP contribution >= 0.6 is 34.9 Å². The smallest absolute Gasteiger partial charge is 0.352 e. The first-order valence-electron chi connectivity index (χ1n) is 8.95. The maximum atomic E-state index is 12.7. The SMILES string of the molecule is Cn1ncnc1SCC1=C(C(=O)O)N2C(=O)C(NC(=O)CS(=O)c3cccs3)C2SC1. The van der Waals surface area contributed by atoms with E-state index in [1.165, 1.54) is 46.1 Å². The third-order valence-electron chi connectivity index (χ3n) is 4.59. The van der Waals surface area contributed by atoms with Gasteiger partial charge in [-0.05, 0) is 17.0 Å². The molecule has 2 N–H and O–H groups in total. The molecule has 1 saturated heterocycles. The zero-order valence-electron chi connectivity index (χ0n) is 16.1. The molecule has 1 fully saturated rings. The van der Waals surface area contributed by atoms with Gasteiger partial charge in [0, 0.05) is 18.6 Å². The zero-order valence-corrected chi connectivity index (χ0v) is 19.4. The first-order chi connectivity index (χ1) is 14.9. The summed E-state index contributed by atoms with van der Waals surface area (Å²) in [5, 5.41) is 18.2. The first kappa shape index (κ1) is 22.0. The van der Waals surface area contributed by atoms with Crippen LogP contribution in [0.2, 0.25) is 0 Å². The molecule has 2 aliphatic heterocycles. The van der Waals surface area contributed by atoms with Crippen LogP contribution in [0.25, 0.3) is 0 Å². The van der Waals surface area contributed by atoms with Crippen molar-refractivity contribution in [2.75, 3.05) is 17.3 Å². The summed E-state index contributed by atoms with van der Waals surface area (Å²) in [5.41, 5.74) is 0.565. The van der Waals surface area contributed by atoms with Gasteiger partial charge in [-0.1, -0.05) is 17.8 Å². The van der Waals surface area contributed by atoms with E-state index >= 15 is 0 Å². The lowest BCUT2D eigenvalue weighted by Crippen LogP contribution is -2.70. The zero-order chi connectivity index (χ0) is 22.1. The highest BCUT2D eigenvalue weighted by Gasteiger charge is 2.54. The number of aromatic nitrogens is 3. The summed E-state index contributed by atoms with van der Waals surface area (Å²) in [6, 6.07) is 2.60. The van der Waals surface area contributed by atoms with Gasteiger partial charge in [0.1, 0.15) is 29.2 Å². The average Bonchev–Trinajstić information content (AvgIpc) is 3.41. The molecule has 2 aliphatic rings. The number of rotatable bonds is 8. The number of aliphatic carboxylic acids is 1. The topological polar surface area (TPSA) is 134 Å². The van der Waals surface area contributed by atoms with E-state index in [9.17, 15) is 23.7 Å². The molecule has 164 valence electrons. The van der Waals surface area contributed by atoms with E-state index < -0.39 is 40.0 Å². The Morgan fingerprint density at radius 3 is 2.90 bits per heavy atom. The Morgan fingerprint density at radius 1 is 1.45 bits per heavy atom. The molecule has 14 heteroatoms. The van der Waals surface area contributed by atoms with Crippen molar-refractivity contribution in [2.45, 2.75) is 20.8 Å². The lowest BCUT2D eigenvalue weighted by molar-refractivity contribution is -0.150. The fraction of sp³-hybridized carbons (Fsp3) is 0.353. The van der Waals surface area contributed by atoms with Crippen LogP contribution in [0.1, 0.15) is 0 Å². The quantitative estimate of drug-likeness (QED) is 0.394. The third kappa shape index (κ3) is 4.42. The monoisotopic (exact) mass is 499 g/mol. The third-order valence-corrected chi connectivity index (χ3v) is 9.67. The largest absolute Gasteiger partial charge is 0.477 e. The summed E-state index contributed by atoms with van der Waals surface area (Å²) in [7, 11) is 0.260. The second-order valence-corrected chi connectivity index (χ2v) is 11.3. The molecule has 0 aromatic carbocycles. The van der Waals surface area contributed by atoms with Gasteiger partial charge in [0.05, 0.1) is 15.0 Å². The van der Waals surface area contributed by atoms with Gasteiger partial charge in [0.2, 0.25) is 5.91 Å². The molecule has 0 saturated carbocycles. The van der Waals surface area contributed by atoms with Gasteiger partial charge in [-0.2, -0.15) is 5.10 Å². The molecular weight excluding hydrogens is 482 g/mol. The molecule has 0 aliphatic carbocycles. The lowest BCUT2D eigenvalue weighted by atomic mass is 10.0. The normalized spacial score (nSPS) is 21.5. The van der Waals surface area contributed by atoms with Crippen molar-refractivity contribution in [1.82, 2.24) is 25.0 Å². The maximum absolute atomic E-state index is 12.7. The van der Waals surface area contributed by atoms with Crippen LogP contribution < -0.4 is 5.32 Å². The van der Waals surface area contributed by atoms with Crippen LogP contribution in [0.5, 0.6) is 0 Å². The number of carbonyl (C=O) groups is 3. The predicted molar refractivity (Wildman–Crippen MR) is 117 cm³/mol. The number of nitrogens with one attached hydrogen (secondary N) is 1. The molecule has 2 amide bonds. The minimum absolute atomic E-state index is 0.0453. The van der Waals surface area contributed by atoms with Crippen LogP contribution in [-0.4, -0.2) is 75.4 Å². The number of aryl methyl sites for hydroxylation is 1. The van der Waals surface area contributed by atoms with E-state index in [-0.39, 0.29) is 11.4 Å². The van der Waals surface area contributed by atoms with E-state index in [1.807, 2.05) is 0 Å². The van der Waals surface area contributed by atoms with Crippen molar-refractivity contribution < 1.29 is 23.7 Å². The Labute approximate surface area is 191 Å². The fourth-order valence-electron chi connectivity index (χ4n) is 3.16. The van der Waals surface area contributed by atoms with Gasteiger partial charge in [-0.3, -0.25) is 18.7 Å². The van der Waals surface area contributed by atoms with Gasteiger partial charge in [0.25, 0.3) is 5.91 Å². The van der Waals surface area contributed by atoms with Crippen molar-refractivity contribution >= 4 is 63.4 Å². The Hall–Kier alpha value is -2.16. The van der Waals surface area contributed by atoms with E-state index in [0.717, 1.165) is 0 Å². The number of amides is 2. The summed E-state index contributed by atoms with van der Waals surface area (Å²) in [6.45, 7) is 0. The number of fused-ring (bicyclic) bond motifs is 1. The predicted octanol–water partition coefficient (Wildman–Crippen LogP) is 0.515. The highest BCUT2D eigenvalue weighted by molar-refractivity contribution is 8.01. The van der Waals surface area contributed by atoms with Crippen molar-refractivity contribution in [3.63, 3.8) is 0 Å². The molecule has 4 rings (SSSR count). The van der Waals surface area contributed by atoms with Crippen LogP contribution in [0, 0.1) is 0 Å². The van der Waals surface area contributed by atoms with E-state index in [1.54, 1.807) is 29.2 Å². The molecule has 4 heterocycles. The molecule has 0 bridgehead atoms. The molecule has 3 atom stereocenters.